The smallest absolute Gasteiger partial charge is 0.0843 e. The van der Waals surface area contributed by atoms with Crippen molar-refractivity contribution in [3.8, 4) is 0 Å². The summed E-state index contributed by atoms with van der Waals surface area (Å²) in [5, 5.41) is 3.66. The summed E-state index contributed by atoms with van der Waals surface area (Å²) in [5.74, 6) is 0. The van der Waals surface area contributed by atoms with Gasteiger partial charge in [-0.1, -0.05) is 60.8 Å². The topological polar surface area (TPSA) is 0 Å². The molecule has 0 amide bonds. The molecular formula is C15H18SSi. The number of allylic oxidation sites excluding steroid dienone is 1. The van der Waals surface area contributed by atoms with Crippen molar-refractivity contribution < 1.29 is 0 Å². The van der Waals surface area contributed by atoms with Crippen molar-refractivity contribution in [1.29, 1.82) is 0 Å². The third-order valence-corrected chi connectivity index (χ3v) is 7.00. The molecule has 1 heterocycles. The standard InChI is InChI=1S/C15H18SSi/c1-17(2,15-10-4-3-5-11-15)13-7-9-14-8-6-12-16-14/h3-12H,13H2,1-2H3/b9-7+. The summed E-state index contributed by atoms with van der Waals surface area (Å²) in [6, 6.07) is 16.4. The molecule has 0 nitrogen and oxygen atoms in total. The van der Waals surface area contributed by atoms with Gasteiger partial charge in [-0.05, 0) is 23.6 Å². The maximum absolute atomic E-state index is 2.43. The van der Waals surface area contributed by atoms with E-state index < -0.39 is 8.07 Å². The van der Waals surface area contributed by atoms with Gasteiger partial charge in [0.15, 0.2) is 0 Å². The van der Waals surface area contributed by atoms with Gasteiger partial charge in [0.2, 0.25) is 0 Å². The van der Waals surface area contributed by atoms with Crippen molar-refractivity contribution in [3.63, 3.8) is 0 Å². The van der Waals surface area contributed by atoms with Crippen LogP contribution in [-0.4, -0.2) is 8.07 Å². The maximum Gasteiger partial charge on any atom is 0.0843 e. The maximum atomic E-state index is 2.43. The molecule has 88 valence electrons. The van der Waals surface area contributed by atoms with Crippen molar-refractivity contribution in [2.24, 2.45) is 0 Å². The van der Waals surface area contributed by atoms with E-state index in [1.807, 2.05) is 0 Å². The molecule has 0 radical (unpaired) electrons. The average molecular weight is 258 g/mol. The Labute approximate surface area is 109 Å². The fourth-order valence-corrected chi connectivity index (χ4v) is 4.55. The van der Waals surface area contributed by atoms with E-state index in [9.17, 15) is 0 Å². The van der Waals surface area contributed by atoms with Crippen LogP contribution in [0, 0.1) is 0 Å². The summed E-state index contributed by atoms with van der Waals surface area (Å²) >= 11 is 1.80. The Balaban J connectivity index is 2.03. The monoisotopic (exact) mass is 258 g/mol. The van der Waals surface area contributed by atoms with Gasteiger partial charge in [0.05, 0.1) is 8.07 Å². The number of benzene rings is 1. The quantitative estimate of drug-likeness (QED) is 0.714. The van der Waals surface area contributed by atoms with Crippen LogP contribution in [0.5, 0.6) is 0 Å². The fourth-order valence-electron chi connectivity index (χ4n) is 1.86. The van der Waals surface area contributed by atoms with Crippen molar-refractivity contribution >= 4 is 30.7 Å². The SMILES string of the molecule is C[Si](C)(C/C=C/c1cccs1)c1ccccc1. The molecule has 0 saturated heterocycles. The highest BCUT2D eigenvalue weighted by Gasteiger charge is 2.20. The van der Waals surface area contributed by atoms with E-state index in [0.717, 1.165) is 0 Å². The average Bonchev–Trinajstić information content (AvgIpc) is 2.83. The van der Waals surface area contributed by atoms with Gasteiger partial charge < -0.3 is 0 Å². The molecule has 0 aliphatic rings. The molecule has 0 bridgehead atoms. The first-order chi connectivity index (χ1) is 8.18. The van der Waals surface area contributed by atoms with E-state index in [0.29, 0.717) is 0 Å². The van der Waals surface area contributed by atoms with Crippen molar-refractivity contribution in [1.82, 2.24) is 0 Å². The minimum absolute atomic E-state index is 1.20. The van der Waals surface area contributed by atoms with Gasteiger partial charge in [-0.15, -0.1) is 11.3 Å². The predicted molar refractivity (Wildman–Crippen MR) is 81.7 cm³/mol. The van der Waals surface area contributed by atoms with Crippen molar-refractivity contribution in [2.45, 2.75) is 19.1 Å². The number of hydrogen-bond donors (Lipinski definition) is 0. The molecule has 0 atom stereocenters. The predicted octanol–water partition coefficient (Wildman–Crippen LogP) is 4.38. The molecule has 2 rings (SSSR count). The van der Waals surface area contributed by atoms with Crippen LogP contribution < -0.4 is 5.19 Å². The third kappa shape index (κ3) is 3.41. The summed E-state index contributed by atoms with van der Waals surface area (Å²) in [4.78, 5) is 1.35. The highest BCUT2D eigenvalue weighted by atomic mass is 32.1. The molecule has 1 aromatic heterocycles. The molecule has 0 N–H and O–H groups in total. The summed E-state index contributed by atoms with van der Waals surface area (Å²) in [6.07, 6.45) is 4.59. The van der Waals surface area contributed by atoms with E-state index in [1.54, 1.807) is 11.3 Å². The van der Waals surface area contributed by atoms with E-state index in [-0.39, 0.29) is 0 Å². The molecule has 0 spiro atoms. The molecule has 2 aromatic rings. The fraction of sp³-hybridized carbons (Fsp3) is 0.200. The van der Waals surface area contributed by atoms with Crippen LogP contribution in [0.2, 0.25) is 19.1 Å². The van der Waals surface area contributed by atoms with Crippen LogP contribution in [0.3, 0.4) is 0 Å². The highest BCUT2D eigenvalue weighted by molar-refractivity contribution is 7.10. The summed E-state index contributed by atoms with van der Waals surface area (Å²) in [6.45, 7) is 4.86. The molecule has 0 aliphatic heterocycles. The minimum Gasteiger partial charge on any atom is -0.144 e. The Morgan fingerprint density at radius 2 is 1.82 bits per heavy atom. The zero-order valence-electron chi connectivity index (χ0n) is 10.4. The van der Waals surface area contributed by atoms with Gasteiger partial charge in [0.1, 0.15) is 0 Å². The lowest BCUT2D eigenvalue weighted by molar-refractivity contribution is 1.54. The molecule has 2 heteroatoms. The number of thiophene rings is 1. The second-order valence-corrected chi connectivity index (χ2v) is 10.6. The van der Waals surface area contributed by atoms with Gasteiger partial charge in [-0.2, -0.15) is 0 Å². The lowest BCUT2D eigenvalue weighted by atomic mass is 10.4. The molecular weight excluding hydrogens is 240 g/mol. The molecule has 0 unspecified atom stereocenters. The van der Waals surface area contributed by atoms with E-state index in [2.05, 4.69) is 73.1 Å². The molecule has 0 aliphatic carbocycles. The minimum atomic E-state index is -1.30. The van der Waals surface area contributed by atoms with Crippen molar-refractivity contribution in [3.05, 3.63) is 58.8 Å². The lowest BCUT2D eigenvalue weighted by Gasteiger charge is -2.20. The van der Waals surface area contributed by atoms with Crippen LogP contribution in [-0.2, 0) is 0 Å². The van der Waals surface area contributed by atoms with Gasteiger partial charge in [-0.3, -0.25) is 0 Å². The van der Waals surface area contributed by atoms with Crippen LogP contribution in [0.1, 0.15) is 4.88 Å². The third-order valence-electron chi connectivity index (χ3n) is 3.01. The van der Waals surface area contributed by atoms with Crippen LogP contribution >= 0.6 is 11.3 Å². The Morgan fingerprint density at radius 3 is 2.47 bits per heavy atom. The zero-order chi connectivity index (χ0) is 12.1. The van der Waals surface area contributed by atoms with Crippen molar-refractivity contribution in [2.75, 3.05) is 0 Å². The lowest BCUT2D eigenvalue weighted by Crippen LogP contribution is -2.40. The zero-order valence-corrected chi connectivity index (χ0v) is 12.2. The number of rotatable bonds is 4. The largest absolute Gasteiger partial charge is 0.144 e. The van der Waals surface area contributed by atoms with Gasteiger partial charge in [0, 0.05) is 4.88 Å². The van der Waals surface area contributed by atoms with Crippen LogP contribution in [0.4, 0.5) is 0 Å². The molecule has 0 fully saturated rings. The Bertz CT molecular complexity index is 469. The Morgan fingerprint density at radius 1 is 1.06 bits per heavy atom. The van der Waals surface area contributed by atoms with E-state index in [4.69, 9.17) is 0 Å². The highest BCUT2D eigenvalue weighted by Crippen LogP contribution is 2.15. The molecule has 1 aromatic carbocycles. The second kappa shape index (κ2) is 5.47. The second-order valence-electron chi connectivity index (χ2n) is 4.87. The van der Waals surface area contributed by atoms with E-state index in [1.165, 1.54) is 16.1 Å². The Hall–Kier alpha value is -1.12. The summed E-state index contributed by atoms with van der Waals surface area (Å²) in [5.41, 5.74) is 0. The normalized spacial score (nSPS) is 12.1. The van der Waals surface area contributed by atoms with Crippen LogP contribution in [0.25, 0.3) is 6.08 Å². The summed E-state index contributed by atoms with van der Waals surface area (Å²) in [7, 11) is -1.30. The molecule has 17 heavy (non-hydrogen) atoms. The van der Waals surface area contributed by atoms with Gasteiger partial charge >= 0.3 is 0 Å². The molecule has 0 saturated carbocycles. The first-order valence-electron chi connectivity index (χ1n) is 5.94. The first kappa shape index (κ1) is 12.3. The number of hydrogen-bond acceptors (Lipinski definition) is 1. The van der Waals surface area contributed by atoms with Gasteiger partial charge in [-0.25, -0.2) is 0 Å². The van der Waals surface area contributed by atoms with E-state index >= 15 is 0 Å². The van der Waals surface area contributed by atoms with Gasteiger partial charge in [0.25, 0.3) is 0 Å². The Kier molecular flexibility index (Phi) is 3.97. The first-order valence-corrected chi connectivity index (χ1v) is 10.0. The summed E-state index contributed by atoms with van der Waals surface area (Å²) < 4.78 is 0. The van der Waals surface area contributed by atoms with Crippen LogP contribution in [0.15, 0.2) is 53.9 Å².